The lowest BCUT2D eigenvalue weighted by Gasteiger charge is -2.44. The number of carbonyl (C=O) groups excluding carboxylic acids is 2. The summed E-state index contributed by atoms with van der Waals surface area (Å²) in [5, 5.41) is 0.845. The van der Waals surface area contributed by atoms with Crippen molar-refractivity contribution in [3.8, 4) is 0 Å². The molecule has 2 aliphatic rings. The van der Waals surface area contributed by atoms with Crippen LogP contribution in [0.2, 0.25) is 10.0 Å². The Labute approximate surface area is 146 Å². The van der Waals surface area contributed by atoms with E-state index < -0.39 is 5.41 Å². The van der Waals surface area contributed by atoms with Gasteiger partial charge in [0, 0.05) is 16.5 Å². The third-order valence-corrected chi connectivity index (χ3v) is 5.39. The minimum atomic E-state index is -0.576. The van der Waals surface area contributed by atoms with Crippen molar-refractivity contribution in [2.45, 2.75) is 46.5 Å². The lowest BCUT2D eigenvalue weighted by molar-refractivity contribution is -0.130. The fourth-order valence-electron chi connectivity index (χ4n) is 4.76. The molecular weight excluding hydrogens is 333 g/mol. The van der Waals surface area contributed by atoms with Crippen molar-refractivity contribution in [1.82, 2.24) is 0 Å². The van der Waals surface area contributed by atoms with E-state index in [1.54, 1.807) is 18.2 Å². The van der Waals surface area contributed by atoms with E-state index in [0.29, 0.717) is 21.7 Å². The third kappa shape index (κ3) is 3.01. The van der Waals surface area contributed by atoms with E-state index >= 15 is 0 Å². The SMILES string of the molecule is C[C@H]1CC(C)(C)C[C@]2(CC(=O)N(c3cc(Cl)cc(Cl)c3)C2=O)C1. The molecule has 0 bridgehead atoms. The predicted octanol–water partition coefficient (Wildman–Crippen LogP) is 5.09. The summed E-state index contributed by atoms with van der Waals surface area (Å²) in [6, 6.07) is 4.85. The first-order valence-electron chi connectivity index (χ1n) is 7.95. The van der Waals surface area contributed by atoms with E-state index in [0.717, 1.165) is 19.3 Å². The molecule has 0 aromatic heterocycles. The van der Waals surface area contributed by atoms with Gasteiger partial charge in [-0.25, -0.2) is 4.90 Å². The highest BCUT2D eigenvalue weighted by Crippen LogP contribution is 2.54. The molecule has 1 aromatic rings. The smallest absolute Gasteiger partial charge is 0.240 e. The van der Waals surface area contributed by atoms with Gasteiger partial charge in [-0.15, -0.1) is 0 Å². The summed E-state index contributed by atoms with van der Waals surface area (Å²) >= 11 is 12.1. The van der Waals surface area contributed by atoms with Crippen LogP contribution in [-0.4, -0.2) is 11.8 Å². The number of benzene rings is 1. The molecule has 2 amide bonds. The number of carbonyl (C=O) groups is 2. The van der Waals surface area contributed by atoms with Gasteiger partial charge in [-0.2, -0.15) is 0 Å². The van der Waals surface area contributed by atoms with Gasteiger partial charge in [-0.3, -0.25) is 9.59 Å². The topological polar surface area (TPSA) is 37.4 Å². The molecule has 3 rings (SSSR count). The van der Waals surface area contributed by atoms with Gasteiger partial charge in [0.2, 0.25) is 11.8 Å². The van der Waals surface area contributed by atoms with E-state index in [-0.39, 0.29) is 23.7 Å². The Hall–Kier alpha value is -1.06. The second-order valence-electron chi connectivity index (χ2n) is 7.97. The molecule has 124 valence electrons. The van der Waals surface area contributed by atoms with Crippen LogP contribution in [0.1, 0.15) is 46.5 Å². The number of hydrogen-bond acceptors (Lipinski definition) is 2. The molecule has 5 heteroatoms. The molecule has 1 saturated carbocycles. The van der Waals surface area contributed by atoms with E-state index in [1.165, 1.54) is 4.90 Å². The Morgan fingerprint density at radius 1 is 1.09 bits per heavy atom. The van der Waals surface area contributed by atoms with Crippen LogP contribution in [0.15, 0.2) is 18.2 Å². The van der Waals surface area contributed by atoms with Gasteiger partial charge in [-0.1, -0.05) is 44.0 Å². The van der Waals surface area contributed by atoms with Crippen LogP contribution in [0.5, 0.6) is 0 Å². The standard InChI is InChI=1S/C18H21Cl2NO2/c1-11-7-17(2,3)10-18(8-11)9-15(22)21(16(18)23)14-5-12(19)4-13(20)6-14/h4-6,11H,7-10H2,1-3H3/t11-,18+/m0/s1. The highest BCUT2D eigenvalue weighted by atomic mass is 35.5. The fourth-order valence-corrected chi connectivity index (χ4v) is 5.28. The van der Waals surface area contributed by atoms with Crippen LogP contribution >= 0.6 is 23.2 Å². The van der Waals surface area contributed by atoms with Gasteiger partial charge < -0.3 is 0 Å². The van der Waals surface area contributed by atoms with Crippen molar-refractivity contribution in [3.63, 3.8) is 0 Å². The predicted molar refractivity (Wildman–Crippen MR) is 92.8 cm³/mol. The average molecular weight is 354 g/mol. The molecule has 2 atom stereocenters. The molecule has 1 aliphatic heterocycles. The zero-order chi connectivity index (χ0) is 17.0. The Kier molecular flexibility index (Phi) is 4.01. The second-order valence-corrected chi connectivity index (χ2v) is 8.85. The highest BCUT2D eigenvalue weighted by Gasteiger charge is 2.56. The molecule has 3 nitrogen and oxygen atoms in total. The molecule has 1 heterocycles. The first kappa shape index (κ1) is 16.8. The van der Waals surface area contributed by atoms with Crippen LogP contribution in [0.4, 0.5) is 5.69 Å². The normalized spacial score (nSPS) is 30.3. The Morgan fingerprint density at radius 3 is 2.26 bits per heavy atom. The van der Waals surface area contributed by atoms with E-state index in [4.69, 9.17) is 23.2 Å². The van der Waals surface area contributed by atoms with Crippen molar-refractivity contribution >= 4 is 40.7 Å². The molecule has 1 saturated heterocycles. The summed E-state index contributed by atoms with van der Waals surface area (Å²) in [4.78, 5) is 27.1. The van der Waals surface area contributed by atoms with Crippen molar-refractivity contribution in [3.05, 3.63) is 28.2 Å². The molecule has 0 unspecified atom stereocenters. The zero-order valence-electron chi connectivity index (χ0n) is 13.7. The van der Waals surface area contributed by atoms with Crippen LogP contribution < -0.4 is 4.90 Å². The summed E-state index contributed by atoms with van der Waals surface area (Å²) in [5.74, 6) is 0.178. The lowest BCUT2D eigenvalue weighted by atomic mass is 9.59. The van der Waals surface area contributed by atoms with Crippen molar-refractivity contribution < 1.29 is 9.59 Å². The minimum Gasteiger partial charge on any atom is -0.274 e. The van der Waals surface area contributed by atoms with Crippen LogP contribution in [0, 0.1) is 16.7 Å². The minimum absolute atomic E-state index is 0.0651. The number of halogens is 2. The van der Waals surface area contributed by atoms with Gasteiger partial charge in [0.05, 0.1) is 11.1 Å². The average Bonchev–Trinajstić information content (AvgIpc) is 2.55. The van der Waals surface area contributed by atoms with Crippen molar-refractivity contribution in [2.75, 3.05) is 4.90 Å². The molecule has 0 radical (unpaired) electrons. The Morgan fingerprint density at radius 2 is 1.70 bits per heavy atom. The highest BCUT2D eigenvalue weighted by molar-refractivity contribution is 6.35. The summed E-state index contributed by atoms with van der Waals surface area (Å²) in [6.07, 6.45) is 2.88. The largest absolute Gasteiger partial charge is 0.274 e. The van der Waals surface area contributed by atoms with E-state index in [9.17, 15) is 9.59 Å². The maximum atomic E-state index is 13.2. The zero-order valence-corrected chi connectivity index (χ0v) is 15.2. The van der Waals surface area contributed by atoms with Gasteiger partial charge in [0.15, 0.2) is 0 Å². The van der Waals surface area contributed by atoms with Crippen LogP contribution in [0.25, 0.3) is 0 Å². The maximum absolute atomic E-state index is 13.2. The number of amides is 2. The van der Waals surface area contributed by atoms with Gasteiger partial charge >= 0.3 is 0 Å². The molecule has 1 aliphatic carbocycles. The van der Waals surface area contributed by atoms with Crippen molar-refractivity contribution in [1.29, 1.82) is 0 Å². The Bertz CT molecular complexity index is 665. The quantitative estimate of drug-likeness (QED) is 0.659. The Balaban J connectivity index is 2.00. The monoisotopic (exact) mass is 353 g/mol. The number of hydrogen-bond donors (Lipinski definition) is 0. The summed E-state index contributed by atoms with van der Waals surface area (Å²) in [7, 11) is 0. The van der Waals surface area contributed by atoms with Crippen LogP contribution in [0.3, 0.4) is 0 Å². The summed E-state index contributed by atoms with van der Waals surface area (Å²) in [6.45, 7) is 6.53. The first-order valence-corrected chi connectivity index (χ1v) is 8.71. The second kappa shape index (κ2) is 5.49. The molecule has 1 aromatic carbocycles. The molecule has 0 N–H and O–H groups in total. The van der Waals surface area contributed by atoms with E-state index in [1.807, 2.05) is 0 Å². The molecule has 23 heavy (non-hydrogen) atoms. The number of nitrogens with zero attached hydrogens (tertiary/aromatic N) is 1. The van der Waals surface area contributed by atoms with Gasteiger partial charge in [0.25, 0.3) is 0 Å². The van der Waals surface area contributed by atoms with Crippen molar-refractivity contribution in [2.24, 2.45) is 16.7 Å². The number of imide groups is 1. The van der Waals surface area contributed by atoms with Gasteiger partial charge in [-0.05, 0) is 48.8 Å². The van der Waals surface area contributed by atoms with E-state index in [2.05, 4.69) is 20.8 Å². The molecular formula is C18H21Cl2NO2. The first-order chi connectivity index (χ1) is 10.6. The van der Waals surface area contributed by atoms with Crippen LogP contribution in [-0.2, 0) is 9.59 Å². The molecule has 2 fully saturated rings. The maximum Gasteiger partial charge on any atom is 0.240 e. The fraction of sp³-hybridized carbons (Fsp3) is 0.556. The third-order valence-electron chi connectivity index (χ3n) is 4.96. The summed E-state index contributed by atoms with van der Waals surface area (Å²) < 4.78 is 0. The molecule has 1 spiro atoms. The van der Waals surface area contributed by atoms with Gasteiger partial charge in [0.1, 0.15) is 0 Å². The summed E-state index contributed by atoms with van der Waals surface area (Å²) in [5.41, 5.74) is -0.0340. The lowest BCUT2D eigenvalue weighted by Crippen LogP contribution is -2.43. The number of anilines is 1. The number of rotatable bonds is 1.